The SMILES string of the molecule is CCCCCCCCCCCCCCC/C=C/CCC1=NCC[N+]1(CC)CCNC(C)=O. The van der Waals surface area contributed by atoms with Gasteiger partial charge in [0, 0.05) is 13.3 Å². The predicted molar refractivity (Wildman–Crippen MR) is 140 cm³/mol. The van der Waals surface area contributed by atoms with Crippen LogP contribution in [0.5, 0.6) is 0 Å². The molecule has 32 heavy (non-hydrogen) atoms. The van der Waals surface area contributed by atoms with E-state index < -0.39 is 0 Å². The molecule has 0 aromatic rings. The average Bonchev–Trinajstić information content (AvgIpc) is 3.18. The Balaban J connectivity index is 1.98. The second kappa shape index (κ2) is 19.3. The number of quaternary nitrogens is 1. The van der Waals surface area contributed by atoms with Gasteiger partial charge in [0.05, 0.1) is 19.6 Å². The molecule has 186 valence electrons. The van der Waals surface area contributed by atoms with Crippen molar-refractivity contribution < 1.29 is 9.28 Å². The van der Waals surface area contributed by atoms with E-state index in [4.69, 9.17) is 4.99 Å². The van der Waals surface area contributed by atoms with Crippen LogP contribution in [0.3, 0.4) is 0 Å². The van der Waals surface area contributed by atoms with E-state index in [2.05, 4.69) is 31.3 Å². The molecule has 1 aliphatic rings. The minimum absolute atomic E-state index is 0.0630. The van der Waals surface area contributed by atoms with Crippen LogP contribution >= 0.6 is 0 Å². The first kappa shape index (κ1) is 28.9. The molecule has 0 bridgehead atoms. The summed E-state index contributed by atoms with van der Waals surface area (Å²) in [5, 5.41) is 2.95. The van der Waals surface area contributed by atoms with E-state index in [1.807, 2.05) is 0 Å². The maximum Gasteiger partial charge on any atom is 0.217 e. The number of carbonyl (C=O) groups is 1. The first-order valence-electron chi connectivity index (χ1n) is 13.9. The van der Waals surface area contributed by atoms with E-state index in [1.165, 1.54) is 95.7 Å². The quantitative estimate of drug-likeness (QED) is 0.113. The molecule has 4 nitrogen and oxygen atoms in total. The third-order valence-corrected chi connectivity index (χ3v) is 7.06. The summed E-state index contributed by atoms with van der Waals surface area (Å²) in [6.45, 7) is 10.9. The average molecular weight is 449 g/mol. The summed E-state index contributed by atoms with van der Waals surface area (Å²) in [6, 6.07) is 0. The van der Waals surface area contributed by atoms with Crippen LogP contribution in [0, 0.1) is 0 Å². The molecule has 4 heteroatoms. The first-order chi connectivity index (χ1) is 15.6. The Morgan fingerprint density at radius 3 is 2.00 bits per heavy atom. The van der Waals surface area contributed by atoms with Gasteiger partial charge in [-0.25, -0.2) is 4.99 Å². The molecule has 0 fully saturated rings. The second-order valence-electron chi connectivity index (χ2n) is 9.73. The Kier molecular flexibility index (Phi) is 17.4. The van der Waals surface area contributed by atoms with Crippen LogP contribution in [0.2, 0.25) is 0 Å². The van der Waals surface area contributed by atoms with Crippen molar-refractivity contribution in [3.05, 3.63) is 12.2 Å². The van der Waals surface area contributed by atoms with Gasteiger partial charge in [-0.15, -0.1) is 0 Å². The van der Waals surface area contributed by atoms with Crippen LogP contribution < -0.4 is 5.32 Å². The van der Waals surface area contributed by atoms with Gasteiger partial charge in [-0.05, 0) is 26.2 Å². The monoisotopic (exact) mass is 448 g/mol. The third kappa shape index (κ3) is 13.4. The molecule has 0 spiro atoms. The zero-order chi connectivity index (χ0) is 23.3. The smallest absolute Gasteiger partial charge is 0.217 e. The molecule has 0 saturated carbocycles. The van der Waals surface area contributed by atoms with Crippen molar-refractivity contribution in [3.63, 3.8) is 0 Å². The van der Waals surface area contributed by atoms with E-state index in [1.54, 1.807) is 6.92 Å². The van der Waals surface area contributed by atoms with Crippen molar-refractivity contribution in [2.45, 2.75) is 124 Å². The molecule has 1 N–H and O–H groups in total. The van der Waals surface area contributed by atoms with Gasteiger partial charge in [0.1, 0.15) is 13.1 Å². The number of amides is 1. The van der Waals surface area contributed by atoms with Crippen LogP contribution in [-0.2, 0) is 4.79 Å². The number of nitrogens with one attached hydrogen (secondary N) is 1. The summed E-state index contributed by atoms with van der Waals surface area (Å²) in [4.78, 5) is 16.0. The minimum atomic E-state index is 0.0630. The van der Waals surface area contributed by atoms with Gasteiger partial charge in [0.15, 0.2) is 5.84 Å². The van der Waals surface area contributed by atoms with E-state index in [0.717, 1.165) is 50.0 Å². The summed E-state index contributed by atoms with van der Waals surface area (Å²) in [7, 11) is 0. The topological polar surface area (TPSA) is 41.5 Å². The zero-order valence-corrected chi connectivity index (χ0v) is 21.8. The Bertz CT molecular complexity index is 529. The van der Waals surface area contributed by atoms with Crippen LogP contribution in [-0.4, -0.2) is 48.9 Å². The lowest BCUT2D eigenvalue weighted by Crippen LogP contribution is -2.54. The number of rotatable bonds is 21. The van der Waals surface area contributed by atoms with Crippen molar-refractivity contribution in [1.82, 2.24) is 5.32 Å². The lowest BCUT2D eigenvalue weighted by molar-refractivity contribution is -0.833. The van der Waals surface area contributed by atoms with Crippen LogP contribution in [0.25, 0.3) is 0 Å². The molecule has 1 rings (SSSR count). The van der Waals surface area contributed by atoms with Gasteiger partial charge in [0.2, 0.25) is 5.91 Å². The maximum atomic E-state index is 11.2. The van der Waals surface area contributed by atoms with E-state index >= 15 is 0 Å². The molecule has 0 radical (unpaired) electrons. The Labute approximate surface area is 199 Å². The standard InChI is InChI=1S/C28H53N3O/c1-4-6-7-8-9-10-11-12-13-14-15-16-17-18-19-20-21-22-28-30-24-26-31(28,5-2)25-23-29-27(3)32/h19-20H,4-18,21-26H2,1-3H3/p+1/b20-19+. The zero-order valence-electron chi connectivity index (χ0n) is 21.8. The molecule has 0 aliphatic carbocycles. The highest BCUT2D eigenvalue weighted by molar-refractivity contribution is 5.77. The fraction of sp³-hybridized carbons (Fsp3) is 0.857. The minimum Gasteiger partial charge on any atom is -0.351 e. The van der Waals surface area contributed by atoms with E-state index in [9.17, 15) is 4.79 Å². The highest BCUT2D eigenvalue weighted by Crippen LogP contribution is 2.19. The maximum absolute atomic E-state index is 11.2. The Morgan fingerprint density at radius 2 is 1.44 bits per heavy atom. The van der Waals surface area contributed by atoms with Crippen molar-refractivity contribution in [2.24, 2.45) is 4.99 Å². The van der Waals surface area contributed by atoms with Crippen molar-refractivity contribution in [3.8, 4) is 0 Å². The second-order valence-corrected chi connectivity index (χ2v) is 9.73. The number of hydrogen-bond acceptors (Lipinski definition) is 2. The van der Waals surface area contributed by atoms with E-state index in [-0.39, 0.29) is 5.91 Å². The number of unbranched alkanes of at least 4 members (excludes halogenated alkanes) is 13. The molecule has 1 heterocycles. The number of hydrogen-bond donors (Lipinski definition) is 1. The van der Waals surface area contributed by atoms with Crippen molar-refractivity contribution in [2.75, 3.05) is 32.7 Å². The summed E-state index contributed by atoms with van der Waals surface area (Å²) in [6.07, 6.45) is 26.6. The third-order valence-electron chi connectivity index (χ3n) is 7.06. The largest absolute Gasteiger partial charge is 0.351 e. The van der Waals surface area contributed by atoms with Gasteiger partial charge in [-0.1, -0.05) is 96.1 Å². The molecule has 0 saturated heterocycles. The Morgan fingerprint density at radius 1 is 0.875 bits per heavy atom. The first-order valence-corrected chi connectivity index (χ1v) is 13.9. The number of allylic oxidation sites excluding steroid dienone is 2. The molecule has 1 aliphatic heterocycles. The van der Waals surface area contributed by atoms with Crippen molar-refractivity contribution >= 4 is 11.7 Å². The van der Waals surface area contributed by atoms with Gasteiger partial charge in [0.25, 0.3) is 0 Å². The van der Waals surface area contributed by atoms with Crippen molar-refractivity contribution in [1.29, 1.82) is 0 Å². The van der Waals surface area contributed by atoms with Crippen LogP contribution in [0.15, 0.2) is 17.1 Å². The number of nitrogens with zero attached hydrogens (tertiary/aromatic N) is 2. The predicted octanol–water partition coefficient (Wildman–Crippen LogP) is 7.19. The fourth-order valence-corrected chi connectivity index (χ4v) is 4.88. The number of aliphatic imine (C=N–C) groups is 1. The molecule has 0 aromatic carbocycles. The molecule has 0 aromatic heterocycles. The molecule has 1 atom stereocenters. The summed E-state index contributed by atoms with van der Waals surface area (Å²) < 4.78 is 0.965. The molecule has 1 amide bonds. The van der Waals surface area contributed by atoms with Gasteiger partial charge >= 0.3 is 0 Å². The molecule has 1 unspecified atom stereocenters. The summed E-state index contributed by atoms with van der Waals surface area (Å²) >= 11 is 0. The van der Waals surface area contributed by atoms with Gasteiger partial charge in [-0.3, -0.25) is 9.28 Å². The molecular formula is C28H54N3O+. The Hall–Kier alpha value is -1.16. The highest BCUT2D eigenvalue weighted by atomic mass is 16.1. The van der Waals surface area contributed by atoms with Crippen LogP contribution in [0.4, 0.5) is 0 Å². The normalized spacial score (nSPS) is 18.4. The summed E-state index contributed by atoms with van der Waals surface area (Å²) in [5.41, 5.74) is 0. The number of carbonyl (C=O) groups excluding carboxylic acids is 1. The molecular weight excluding hydrogens is 394 g/mol. The highest BCUT2D eigenvalue weighted by Gasteiger charge is 2.35. The lowest BCUT2D eigenvalue weighted by atomic mass is 10.0. The van der Waals surface area contributed by atoms with Gasteiger partial charge in [-0.2, -0.15) is 0 Å². The lowest BCUT2D eigenvalue weighted by Gasteiger charge is -2.33. The van der Waals surface area contributed by atoms with Gasteiger partial charge < -0.3 is 5.32 Å². The summed E-state index contributed by atoms with van der Waals surface area (Å²) in [5.74, 6) is 1.40. The van der Waals surface area contributed by atoms with E-state index in [0.29, 0.717) is 0 Å². The number of likely N-dealkylation sites (N-methyl/N-ethyl adjacent to an activating group) is 1. The fourth-order valence-electron chi connectivity index (χ4n) is 4.88. The van der Waals surface area contributed by atoms with Crippen LogP contribution in [0.1, 0.15) is 124 Å². The number of amidine groups is 1.